The van der Waals surface area contributed by atoms with E-state index in [9.17, 15) is 28.3 Å². The Labute approximate surface area is 228 Å². The molecule has 0 aliphatic carbocycles. The van der Waals surface area contributed by atoms with Gasteiger partial charge in [0.15, 0.2) is 0 Å². The molecule has 2 aromatic carbocycles. The van der Waals surface area contributed by atoms with Crippen LogP contribution in [0.5, 0.6) is 0 Å². The fourth-order valence-corrected chi connectivity index (χ4v) is 4.82. The molecule has 39 heavy (non-hydrogen) atoms. The zero-order valence-electron chi connectivity index (χ0n) is 22.8. The predicted octanol–water partition coefficient (Wildman–Crippen LogP) is 2.17. The van der Waals surface area contributed by atoms with Crippen LogP contribution in [0, 0.1) is 11.6 Å². The van der Waals surface area contributed by atoms with Crippen molar-refractivity contribution in [1.82, 2.24) is 20.4 Å². The van der Waals surface area contributed by atoms with E-state index in [0.29, 0.717) is 19.5 Å². The SMILES string of the molecule is CCCN1C(=O)C(=O)N(CC(=O)N[C@@H](Cc2cc(F)cc(F)c2)[C@H](O)CNCc2cccc(CC)c2)C[C@@H]1C. The van der Waals surface area contributed by atoms with E-state index in [0.717, 1.165) is 30.2 Å². The van der Waals surface area contributed by atoms with Gasteiger partial charge >= 0.3 is 11.8 Å². The van der Waals surface area contributed by atoms with Gasteiger partial charge in [-0.3, -0.25) is 14.4 Å². The third-order valence-electron chi connectivity index (χ3n) is 6.82. The van der Waals surface area contributed by atoms with Gasteiger partial charge in [0.05, 0.1) is 12.1 Å². The summed E-state index contributed by atoms with van der Waals surface area (Å²) in [6, 6.07) is 9.92. The van der Waals surface area contributed by atoms with Crippen molar-refractivity contribution < 1.29 is 28.3 Å². The number of carbonyl (C=O) groups is 3. The van der Waals surface area contributed by atoms with E-state index in [4.69, 9.17) is 0 Å². The second-order valence-corrected chi connectivity index (χ2v) is 10.1. The monoisotopic (exact) mass is 544 g/mol. The number of carbonyl (C=O) groups excluding carboxylic acids is 3. The summed E-state index contributed by atoms with van der Waals surface area (Å²) in [6.45, 7) is 6.68. The normalized spacial score (nSPS) is 17.3. The molecule has 3 atom stereocenters. The fraction of sp³-hybridized carbons (Fsp3) is 0.483. The van der Waals surface area contributed by atoms with Gasteiger partial charge in [0, 0.05) is 38.3 Å². The molecule has 0 spiro atoms. The number of nitrogens with zero attached hydrogens (tertiary/aromatic N) is 2. The zero-order valence-corrected chi connectivity index (χ0v) is 22.8. The number of aryl methyl sites for hydroxylation is 1. The molecule has 1 saturated heterocycles. The Kier molecular flexibility index (Phi) is 10.9. The number of benzene rings is 2. The minimum atomic E-state index is -1.10. The highest BCUT2D eigenvalue weighted by Gasteiger charge is 2.37. The summed E-state index contributed by atoms with van der Waals surface area (Å²) in [6.07, 6.45) is 0.465. The molecule has 8 nitrogen and oxygen atoms in total. The Morgan fingerprint density at radius 1 is 1.05 bits per heavy atom. The van der Waals surface area contributed by atoms with E-state index in [1.807, 2.05) is 32.0 Å². The van der Waals surface area contributed by atoms with Crippen molar-refractivity contribution >= 4 is 17.7 Å². The highest BCUT2D eigenvalue weighted by Crippen LogP contribution is 2.14. The molecule has 212 valence electrons. The van der Waals surface area contributed by atoms with E-state index in [-0.39, 0.29) is 37.7 Å². The Morgan fingerprint density at radius 2 is 1.74 bits per heavy atom. The van der Waals surface area contributed by atoms with Crippen LogP contribution >= 0.6 is 0 Å². The number of nitrogens with one attached hydrogen (secondary N) is 2. The van der Waals surface area contributed by atoms with E-state index in [1.54, 1.807) is 0 Å². The molecule has 0 saturated carbocycles. The van der Waals surface area contributed by atoms with Crippen LogP contribution in [-0.4, -0.2) is 77.0 Å². The molecule has 0 radical (unpaired) electrons. The summed E-state index contributed by atoms with van der Waals surface area (Å²) in [5, 5.41) is 16.8. The second kappa shape index (κ2) is 14.1. The minimum Gasteiger partial charge on any atom is -0.390 e. The maximum absolute atomic E-state index is 13.8. The fourth-order valence-electron chi connectivity index (χ4n) is 4.82. The number of hydrogen-bond acceptors (Lipinski definition) is 5. The van der Waals surface area contributed by atoms with Crippen LogP contribution in [0.25, 0.3) is 0 Å². The van der Waals surface area contributed by atoms with Crippen LogP contribution in [0.2, 0.25) is 0 Å². The number of hydrogen-bond donors (Lipinski definition) is 3. The van der Waals surface area contributed by atoms with Crippen molar-refractivity contribution in [3.63, 3.8) is 0 Å². The van der Waals surface area contributed by atoms with Gasteiger partial charge in [-0.05, 0) is 55.0 Å². The van der Waals surface area contributed by atoms with Crippen LogP contribution in [0.1, 0.15) is 43.9 Å². The standard InChI is InChI=1S/C29H38F2N4O4/c1-4-9-35-19(3)17-34(28(38)29(35)39)18-27(37)33-25(13-22-11-23(30)14-24(31)12-22)26(36)16-32-15-21-8-6-7-20(5-2)10-21/h6-8,10-12,14,19,25-26,32,36H,4-5,9,13,15-18H2,1-3H3,(H,33,37)/t19-,25-,26+/m0/s1. The van der Waals surface area contributed by atoms with Gasteiger partial charge in [0.25, 0.3) is 0 Å². The first-order valence-electron chi connectivity index (χ1n) is 13.4. The molecular formula is C29H38F2N4O4. The van der Waals surface area contributed by atoms with Crippen molar-refractivity contribution in [2.45, 2.75) is 64.8 Å². The lowest BCUT2D eigenvalue weighted by Gasteiger charge is -2.38. The summed E-state index contributed by atoms with van der Waals surface area (Å²) >= 11 is 0. The predicted molar refractivity (Wildman–Crippen MR) is 144 cm³/mol. The third-order valence-corrected chi connectivity index (χ3v) is 6.82. The van der Waals surface area contributed by atoms with Crippen LogP contribution in [0.15, 0.2) is 42.5 Å². The van der Waals surface area contributed by atoms with Gasteiger partial charge < -0.3 is 25.5 Å². The summed E-state index contributed by atoms with van der Waals surface area (Å²) in [5.74, 6) is -3.50. The van der Waals surface area contributed by atoms with E-state index in [2.05, 4.69) is 23.6 Å². The van der Waals surface area contributed by atoms with Crippen LogP contribution in [-0.2, 0) is 33.8 Å². The quantitative estimate of drug-likeness (QED) is 0.336. The van der Waals surface area contributed by atoms with Crippen molar-refractivity contribution in [2.24, 2.45) is 0 Å². The molecule has 0 bridgehead atoms. The molecule has 0 aromatic heterocycles. The van der Waals surface area contributed by atoms with Crippen LogP contribution in [0.3, 0.4) is 0 Å². The Hall–Kier alpha value is -3.37. The number of aliphatic hydroxyl groups is 1. The first-order chi connectivity index (χ1) is 18.6. The van der Waals surface area contributed by atoms with Crippen LogP contribution in [0.4, 0.5) is 8.78 Å². The maximum atomic E-state index is 13.8. The largest absolute Gasteiger partial charge is 0.390 e. The third kappa shape index (κ3) is 8.56. The highest BCUT2D eigenvalue weighted by molar-refractivity contribution is 6.35. The molecular weight excluding hydrogens is 506 g/mol. The molecule has 1 aliphatic heterocycles. The van der Waals surface area contributed by atoms with Gasteiger partial charge in [0.2, 0.25) is 5.91 Å². The van der Waals surface area contributed by atoms with E-state index < -0.39 is 41.5 Å². The van der Waals surface area contributed by atoms with Gasteiger partial charge in [-0.15, -0.1) is 0 Å². The van der Waals surface area contributed by atoms with Gasteiger partial charge in [0.1, 0.15) is 18.2 Å². The van der Waals surface area contributed by atoms with E-state index >= 15 is 0 Å². The Balaban J connectivity index is 1.67. The molecule has 3 rings (SSSR count). The van der Waals surface area contributed by atoms with Gasteiger partial charge in [-0.1, -0.05) is 38.1 Å². The van der Waals surface area contributed by atoms with Gasteiger partial charge in [-0.2, -0.15) is 0 Å². The molecule has 3 amide bonds. The first-order valence-corrected chi connectivity index (χ1v) is 13.4. The van der Waals surface area contributed by atoms with Gasteiger partial charge in [-0.25, -0.2) is 8.78 Å². The average Bonchev–Trinajstić information content (AvgIpc) is 2.88. The number of aliphatic hydroxyl groups excluding tert-OH is 1. The second-order valence-electron chi connectivity index (χ2n) is 10.1. The van der Waals surface area contributed by atoms with Crippen molar-refractivity contribution in [3.05, 3.63) is 70.8 Å². The lowest BCUT2D eigenvalue weighted by Crippen LogP contribution is -2.61. The molecule has 0 unspecified atom stereocenters. The van der Waals surface area contributed by atoms with Crippen molar-refractivity contribution in [3.8, 4) is 0 Å². The summed E-state index contributed by atoms with van der Waals surface area (Å²) in [5.41, 5.74) is 2.49. The van der Waals surface area contributed by atoms with Crippen molar-refractivity contribution in [1.29, 1.82) is 0 Å². The molecule has 10 heteroatoms. The summed E-state index contributed by atoms with van der Waals surface area (Å²) < 4.78 is 27.6. The number of halogens is 2. The Bertz CT molecular complexity index is 1140. The molecule has 1 heterocycles. The highest BCUT2D eigenvalue weighted by atomic mass is 19.1. The number of rotatable bonds is 13. The van der Waals surface area contributed by atoms with Crippen molar-refractivity contribution in [2.75, 3.05) is 26.2 Å². The smallest absolute Gasteiger partial charge is 0.312 e. The van der Waals surface area contributed by atoms with E-state index in [1.165, 1.54) is 15.4 Å². The molecule has 1 fully saturated rings. The topological polar surface area (TPSA) is 102 Å². The summed E-state index contributed by atoms with van der Waals surface area (Å²) in [7, 11) is 0. The maximum Gasteiger partial charge on any atom is 0.312 e. The molecule has 3 N–H and O–H groups in total. The van der Waals surface area contributed by atoms with Crippen LogP contribution < -0.4 is 10.6 Å². The molecule has 2 aromatic rings. The average molecular weight is 545 g/mol. The lowest BCUT2D eigenvalue weighted by atomic mass is 10.0. The first kappa shape index (κ1) is 30.2. The number of piperazine rings is 1. The lowest BCUT2D eigenvalue weighted by molar-refractivity contribution is -0.159. The molecule has 1 aliphatic rings. The summed E-state index contributed by atoms with van der Waals surface area (Å²) in [4.78, 5) is 40.8. The number of amides is 3. The minimum absolute atomic E-state index is 0.0395. The Morgan fingerprint density at radius 3 is 2.41 bits per heavy atom. The zero-order chi connectivity index (χ0) is 28.5.